The number of nitrogen functional groups attached to an aromatic ring is 1. The third-order valence-electron chi connectivity index (χ3n) is 3.45. The molecule has 0 heterocycles. The summed E-state index contributed by atoms with van der Waals surface area (Å²) in [6, 6.07) is 7.20. The summed E-state index contributed by atoms with van der Waals surface area (Å²) in [5.74, 6) is -0.0235. The van der Waals surface area contributed by atoms with Crippen molar-refractivity contribution in [3.63, 3.8) is 0 Å². The molecule has 0 aromatic heterocycles. The lowest BCUT2D eigenvalue weighted by Gasteiger charge is -2.34. The van der Waals surface area contributed by atoms with Crippen molar-refractivity contribution in [3.8, 4) is 0 Å². The standard InChI is InChI=1S/C14H23N3O/c1-5-14(2,3)17(4)10-13(18)16-12-8-6-7-11(15)9-12/h6-9H,5,10,15H2,1-4H3,(H,16,18). The Labute approximate surface area is 109 Å². The van der Waals surface area contributed by atoms with E-state index < -0.39 is 0 Å². The van der Waals surface area contributed by atoms with Crippen molar-refractivity contribution in [1.29, 1.82) is 0 Å². The first-order chi connectivity index (χ1) is 8.35. The molecule has 1 aromatic rings. The normalized spacial score (nSPS) is 11.6. The lowest BCUT2D eigenvalue weighted by atomic mass is 10.0. The van der Waals surface area contributed by atoms with Crippen molar-refractivity contribution in [2.45, 2.75) is 32.7 Å². The molecular weight excluding hydrogens is 226 g/mol. The molecule has 0 bridgehead atoms. The van der Waals surface area contributed by atoms with Crippen LogP contribution >= 0.6 is 0 Å². The molecule has 3 N–H and O–H groups in total. The van der Waals surface area contributed by atoms with Crippen molar-refractivity contribution in [2.24, 2.45) is 0 Å². The second-order valence-electron chi connectivity index (χ2n) is 5.20. The summed E-state index contributed by atoms with van der Waals surface area (Å²) in [7, 11) is 1.96. The third-order valence-corrected chi connectivity index (χ3v) is 3.45. The summed E-state index contributed by atoms with van der Waals surface area (Å²) in [6.07, 6.45) is 0.995. The van der Waals surface area contributed by atoms with E-state index in [9.17, 15) is 4.79 Å². The number of carbonyl (C=O) groups excluding carboxylic acids is 1. The number of nitrogens with two attached hydrogens (primary N) is 1. The summed E-state index contributed by atoms with van der Waals surface area (Å²) in [4.78, 5) is 14.0. The molecule has 1 amide bonds. The van der Waals surface area contributed by atoms with Gasteiger partial charge >= 0.3 is 0 Å². The van der Waals surface area contributed by atoms with Gasteiger partial charge in [0.15, 0.2) is 0 Å². The molecule has 0 atom stereocenters. The zero-order valence-electron chi connectivity index (χ0n) is 11.7. The van der Waals surface area contributed by atoms with E-state index in [1.54, 1.807) is 12.1 Å². The summed E-state index contributed by atoms with van der Waals surface area (Å²) < 4.78 is 0. The molecule has 0 spiro atoms. The Hall–Kier alpha value is -1.55. The SMILES string of the molecule is CCC(C)(C)N(C)CC(=O)Nc1cccc(N)c1. The minimum Gasteiger partial charge on any atom is -0.399 e. The zero-order valence-corrected chi connectivity index (χ0v) is 11.7. The summed E-state index contributed by atoms with van der Waals surface area (Å²) in [6.45, 7) is 6.74. The van der Waals surface area contributed by atoms with E-state index in [0.717, 1.165) is 12.1 Å². The Morgan fingerprint density at radius 2 is 2.11 bits per heavy atom. The average Bonchev–Trinajstić information content (AvgIpc) is 2.28. The molecule has 1 aromatic carbocycles. The van der Waals surface area contributed by atoms with E-state index in [4.69, 9.17) is 5.73 Å². The van der Waals surface area contributed by atoms with Crippen LogP contribution in [0.15, 0.2) is 24.3 Å². The maximum Gasteiger partial charge on any atom is 0.238 e. The highest BCUT2D eigenvalue weighted by molar-refractivity contribution is 5.92. The van der Waals surface area contributed by atoms with Crippen LogP contribution in [0, 0.1) is 0 Å². The Bertz CT molecular complexity index is 415. The molecule has 1 rings (SSSR count). The number of benzene rings is 1. The van der Waals surface area contributed by atoms with Crippen molar-refractivity contribution < 1.29 is 4.79 Å². The maximum absolute atomic E-state index is 11.9. The fourth-order valence-electron chi connectivity index (χ4n) is 1.52. The summed E-state index contributed by atoms with van der Waals surface area (Å²) in [5.41, 5.74) is 7.07. The molecule has 0 aliphatic heterocycles. The minimum atomic E-state index is -0.0235. The van der Waals surface area contributed by atoms with E-state index in [1.807, 2.05) is 19.2 Å². The zero-order chi connectivity index (χ0) is 13.8. The Balaban J connectivity index is 2.57. The van der Waals surface area contributed by atoms with Crippen molar-refractivity contribution >= 4 is 17.3 Å². The lowest BCUT2D eigenvalue weighted by Crippen LogP contribution is -2.44. The molecule has 100 valence electrons. The third kappa shape index (κ3) is 4.04. The van der Waals surface area contributed by atoms with Crippen LogP contribution in [-0.4, -0.2) is 29.9 Å². The highest BCUT2D eigenvalue weighted by Crippen LogP contribution is 2.16. The molecular formula is C14H23N3O. The number of rotatable bonds is 5. The predicted molar refractivity (Wildman–Crippen MR) is 76.5 cm³/mol. The van der Waals surface area contributed by atoms with E-state index >= 15 is 0 Å². The topological polar surface area (TPSA) is 58.4 Å². The number of amides is 1. The van der Waals surface area contributed by atoms with Crippen LogP contribution in [0.5, 0.6) is 0 Å². The second kappa shape index (κ2) is 5.87. The highest BCUT2D eigenvalue weighted by Gasteiger charge is 2.22. The van der Waals surface area contributed by atoms with Gasteiger partial charge in [0.2, 0.25) is 5.91 Å². The largest absolute Gasteiger partial charge is 0.399 e. The van der Waals surface area contributed by atoms with Crippen LogP contribution in [0.4, 0.5) is 11.4 Å². The average molecular weight is 249 g/mol. The fourth-order valence-corrected chi connectivity index (χ4v) is 1.52. The van der Waals surface area contributed by atoms with Crippen LogP contribution in [-0.2, 0) is 4.79 Å². The maximum atomic E-state index is 11.9. The first-order valence-corrected chi connectivity index (χ1v) is 6.22. The van der Waals surface area contributed by atoms with Gasteiger partial charge in [0.1, 0.15) is 0 Å². The Morgan fingerprint density at radius 1 is 1.44 bits per heavy atom. The molecule has 0 saturated carbocycles. The van der Waals surface area contributed by atoms with Gasteiger partial charge in [0.25, 0.3) is 0 Å². The summed E-state index contributed by atoms with van der Waals surface area (Å²) in [5, 5.41) is 2.85. The van der Waals surface area contributed by atoms with Gasteiger partial charge < -0.3 is 11.1 Å². The van der Waals surface area contributed by atoms with Gasteiger partial charge in [-0.2, -0.15) is 0 Å². The molecule has 4 heteroatoms. The van der Waals surface area contributed by atoms with E-state index in [2.05, 4.69) is 31.0 Å². The van der Waals surface area contributed by atoms with Crippen LogP contribution in [0.1, 0.15) is 27.2 Å². The highest BCUT2D eigenvalue weighted by atomic mass is 16.2. The van der Waals surface area contributed by atoms with Crippen molar-refractivity contribution in [3.05, 3.63) is 24.3 Å². The van der Waals surface area contributed by atoms with Crippen LogP contribution in [0.3, 0.4) is 0 Å². The molecule has 4 nitrogen and oxygen atoms in total. The summed E-state index contributed by atoms with van der Waals surface area (Å²) >= 11 is 0. The van der Waals surface area contributed by atoms with Gasteiger partial charge in [0, 0.05) is 16.9 Å². The molecule has 0 aliphatic carbocycles. The smallest absolute Gasteiger partial charge is 0.238 e. The molecule has 0 aliphatic rings. The number of hydrogen-bond acceptors (Lipinski definition) is 3. The van der Waals surface area contributed by atoms with Gasteiger partial charge in [-0.05, 0) is 45.5 Å². The first-order valence-electron chi connectivity index (χ1n) is 6.22. The molecule has 0 unspecified atom stereocenters. The van der Waals surface area contributed by atoms with E-state index in [0.29, 0.717) is 12.2 Å². The van der Waals surface area contributed by atoms with Crippen LogP contribution < -0.4 is 11.1 Å². The Morgan fingerprint density at radius 3 is 2.67 bits per heavy atom. The number of likely N-dealkylation sites (N-methyl/N-ethyl adjacent to an activating group) is 1. The van der Waals surface area contributed by atoms with Gasteiger partial charge in [-0.1, -0.05) is 13.0 Å². The van der Waals surface area contributed by atoms with Crippen molar-refractivity contribution in [1.82, 2.24) is 4.90 Å². The number of nitrogens with one attached hydrogen (secondary N) is 1. The van der Waals surface area contributed by atoms with E-state index in [-0.39, 0.29) is 11.4 Å². The van der Waals surface area contributed by atoms with Gasteiger partial charge in [-0.3, -0.25) is 9.69 Å². The molecule has 0 radical (unpaired) electrons. The fraction of sp³-hybridized carbons (Fsp3) is 0.500. The van der Waals surface area contributed by atoms with Crippen molar-refractivity contribution in [2.75, 3.05) is 24.6 Å². The van der Waals surface area contributed by atoms with Gasteiger partial charge in [-0.15, -0.1) is 0 Å². The lowest BCUT2D eigenvalue weighted by molar-refractivity contribution is -0.118. The molecule has 0 saturated heterocycles. The first kappa shape index (κ1) is 14.5. The van der Waals surface area contributed by atoms with Gasteiger partial charge in [0.05, 0.1) is 6.54 Å². The second-order valence-corrected chi connectivity index (χ2v) is 5.20. The Kier molecular flexibility index (Phi) is 4.73. The molecule has 0 fully saturated rings. The number of hydrogen-bond donors (Lipinski definition) is 2. The molecule has 18 heavy (non-hydrogen) atoms. The number of nitrogens with zero attached hydrogens (tertiary/aromatic N) is 1. The number of anilines is 2. The number of carbonyl (C=O) groups is 1. The van der Waals surface area contributed by atoms with Gasteiger partial charge in [-0.25, -0.2) is 0 Å². The minimum absolute atomic E-state index is 0.0209. The monoisotopic (exact) mass is 249 g/mol. The van der Waals surface area contributed by atoms with E-state index in [1.165, 1.54) is 0 Å². The quantitative estimate of drug-likeness (QED) is 0.787. The van der Waals surface area contributed by atoms with Crippen LogP contribution in [0.2, 0.25) is 0 Å². The van der Waals surface area contributed by atoms with Crippen LogP contribution in [0.25, 0.3) is 0 Å². The predicted octanol–water partition coefficient (Wildman–Crippen LogP) is 2.33.